The van der Waals surface area contributed by atoms with E-state index in [2.05, 4.69) is 31.9 Å². The van der Waals surface area contributed by atoms with Crippen molar-refractivity contribution in [1.29, 1.82) is 0 Å². The number of carbonyl (C=O) groups excluding carboxylic acids is 1. The van der Waals surface area contributed by atoms with Crippen molar-refractivity contribution in [2.45, 2.75) is 27.0 Å². The van der Waals surface area contributed by atoms with Gasteiger partial charge >= 0.3 is 0 Å². The number of thiocarbonyl (C=S) groups is 1. The maximum atomic E-state index is 13.1. The van der Waals surface area contributed by atoms with E-state index in [1.807, 2.05) is 80.6 Å². The Morgan fingerprint density at radius 3 is 2.37 bits per heavy atom. The van der Waals surface area contributed by atoms with E-state index in [-0.39, 0.29) is 5.91 Å². The Kier molecular flexibility index (Phi) is 8.70. The number of benzene rings is 3. The van der Waals surface area contributed by atoms with E-state index >= 15 is 0 Å². The van der Waals surface area contributed by atoms with E-state index in [9.17, 15) is 4.79 Å². The highest BCUT2D eigenvalue weighted by Gasteiger charge is 2.32. The second-order valence-corrected chi connectivity index (χ2v) is 11.4. The SMILES string of the molecule is CCOc1cc(/C=C2\SC(=S)N(Cc3ccc(C)cc3)C2=O)cc(Br)c1OCc1ccc(Br)cc1. The Hall–Kier alpha value is -2.13. The lowest BCUT2D eigenvalue weighted by Gasteiger charge is -2.15. The van der Waals surface area contributed by atoms with Crippen LogP contribution in [0.15, 0.2) is 74.5 Å². The zero-order valence-electron chi connectivity index (χ0n) is 19.2. The van der Waals surface area contributed by atoms with Crippen LogP contribution in [0.4, 0.5) is 0 Å². The summed E-state index contributed by atoms with van der Waals surface area (Å²) in [6.45, 7) is 5.32. The number of nitrogens with zero attached hydrogens (tertiary/aromatic N) is 1. The molecule has 1 saturated heterocycles. The average Bonchev–Trinajstić information content (AvgIpc) is 3.08. The summed E-state index contributed by atoms with van der Waals surface area (Å²) < 4.78 is 14.3. The predicted octanol–water partition coefficient (Wildman–Crippen LogP) is 7.90. The minimum atomic E-state index is -0.0924. The van der Waals surface area contributed by atoms with Gasteiger partial charge in [0.2, 0.25) is 0 Å². The molecule has 1 heterocycles. The Labute approximate surface area is 232 Å². The molecule has 4 nitrogen and oxygen atoms in total. The number of rotatable bonds is 8. The van der Waals surface area contributed by atoms with E-state index in [0.29, 0.717) is 40.5 Å². The number of amides is 1. The van der Waals surface area contributed by atoms with Gasteiger partial charge in [-0.15, -0.1) is 0 Å². The van der Waals surface area contributed by atoms with Crippen molar-refractivity contribution >= 4 is 72.1 Å². The van der Waals surface area contributed by atoms with Crippen LogP contribution < -0.4 is 9.47 Å². The molecule has 0 aliphatic carbocycles. The maximum absolute atomic E-state index is 13.1. The first-order valence-electron chi connectivity index (χ1n) is 11.0. The summed E-state index contributed by atoms with van der Waals surface area (Å²) in [7, 11) is 0. The molecule has 35 heavy (non-hydrogen) atoms. The van der Waals surface area contributed by atoms with Gasteiger partial charge in [-0.3, -0.25) is 9.69 Å². The first kappa shape index (κ1) is 25.9. The molecule has 1 aliphatic heterocycles. The lowest BCUT2D eigenvalue weighted by molar-refractivity contribution is -0.122. The summed E-state index contributed by atoms with van der Waals surface area (Å²) in [6, 6.07) is 19.9. The number of thioether (sulfide) groups is 1. The summed E-state index contributed by atoms with van der Waals surface area (Å²) >= 11 is 13.9. The van der Waals surface area contributed by atoms with Crippen molar-refractivity contribution in [1.82, 2.24) is 4.90 Å². The minimum absolute atomic E-state index is 0.0924. The molecule has 0 bridgehead atoms. The third kappa shape index (κ3) is 6.55. The highest BCUT2D eigenvalue weighted by Crippen LogP contribution is 2.40. The van der Waals surface area contributed by atoms with E-state index < -0.39 is 0 Å². The number of hydrogen-bond acceptors (Lipinski definition) is 5. The predicted molar refractivity (Wildman–Crippen MR) is 154 cm³/mol. The molecule has 180 valence electrons. The molecule has 8 heteroatoms. The Morgan fingerprint density at radius 2 is 1.69 bits per heavy atom. The van der Waals surface area contributed by atoms with Crippen molar-refractivity contribution in [3.63, 3.8) is 0 Å². The van der Waals surface area contributed by atoms with Crippen molar-refractivity contribution in [3.8, 4) is 11.5 Å². The van der Waals surface area contributed by atoms with Gasteiger partial charge in [-0.1, -0.05) is 81.9 Å². The standard InChI is InChI=1S/C27H23Br2NO3S2/c1-3-32-23-13-20(12-22(29)25(23)33-16-19-8-10-21(28)11-9-19)14-24-26(31)30(27(34)35-24)15-18-6-4-17(2)5-7-18/h4-14H,3,15-16H2,1-2H3/b24-14-. The quantitative estimate of drug-likeness (QED) is 0.186. The summed E-state index contributed by atoms with van der Waals surface area (Å²) in [4.78, 5) is 15.3. The number of carbonyl (C=O) groups is 1. The van der Waals surface area contributed by atoms with Gasteiger partial charge in [0.25, 0.3) is 5.91 Å². The molecule has 4 rings (SSSR count). The van der Waals surface area contributed by atoms with E-state index in [1.165, 1.54) is 17.3 Å². The number of halogens is 2. The van der Waals surface area contributed by atoms with Crippen LogP contribution in [0.1, 0.15) is 29.2 Å². The molecule has 1 amide bonds. The molecule has 0 spiro atoms. The van der Waals surface area contributed by atoms with Gasteiger partial charge in [0.05, 0.1) is 22.5 Å². The van der Waals surface area contributed by atoms with E-state index in [0.717, 1.165) is 25.6 Å². The Morgan fingerprint density at radius 1 is 1.00 bits per heavy atom. The molecule has 1 fully saturated rings. The fraction of sp³-hybridized carbons (Fsp3) is 0.185. The monoisotopic (exact) mass is 631 g/mol. The minimum Gasteiger partial charge on any atom is -0.490 e. The van der Waals surface area contributed by atoms with Crippen LogP contribution in [-0.2, 0) is 17.9 Å². The third-order valence-corrected chi connectivity index (χ3v) is 7.76. The molecule has 0 radical (unpaired) electrons. The van der Waals surface area contributed by atoms with Crippen LogP contribution in [0.3, 0.4) is 0 Å². The normalized spacial score (nSPS) is 14.6. The average molecular weight is 633 g/mol. The van der Waals surface area contributed by atoms with Crippen molar-refractivity contribution < 1.29 is 14.3 Å². The number of hydrogen-bond donors (Lipinski definition) is 0. The van der Waals surface area contributed by atoms with Crippen molar-refractivity contribution in [3.05, 3.63) is 96.8 Å². The maximum Gasteiger partial charge on any atom is 0.266 e. The fourth-order valence-electron chi connectivity index (χ4n) is 3.47. The van der Waals surface area contributed by atoms with Gasteiger partial charge in [0.1, 0.15) is 10.9 Å². The van der Waals surface area contributed by atoms with Crippen LogP contribution >= 0.6 is 55.8 Å². The van der Waals surface area contributed by atoms with Gasteiger partial charge in [-0.25, -0.2) is 0 Å². The van der Waals surface area contributed by atoms with Crippen molar-refractivity contribution in [2.24, 2.45) is 0 Å². The second kappa shape index (κ2) is 11.7. The summed E-state index contributed by atoms with van der Waals surface area (Å²) in [5.74, 6) is 1.14. The van der Waals surface area contributed by atoms with Gasteiger partial charge < -0.3 is 9.47 Å². The topological polar surface area (TPSA) is 38.8 Å². The molecule has 0 N–H and O–H groups in total. The lowest BCUT2D eigenvalue weighted by atomic mass is 10.1. The van der Waals surface area contributed by atoms with Crippen LogP contribution in [0, 0.1) is 6.92 Å². The summed E-state index contributed by atoms with van der Waals surface area (Å²) in [5, 5.41) is 0. The summed E-state index contributed by atoms with van der Waals surface area (Å²) in [6.07, 6.45) is 1.85. The Bertz CT molecular complexity index is 1270. The molecule has 0 unspecified atom stereocenters. The third-order valence-electron chi connectivity index (χ3n) is 5.26. The number of ether oxygens (including phenoxy) is 2. The van der Waals surface area contributed by atoms with E-state index in [1.54, 1.807) is 4.90 Å². The molecule has 0 aromatic heterocycles. The van der Waals surface area contributed by atoms with Gasteiger partial charge in [0, 0.05) is 4.47 Å². The number of aryl methyl sites for hydroxylation is 1. The van der Waals surface area contributed by atoms with Crippen molar-refractivity contribution in [2.75, 3.05) is 6.61 Å². The van der Waals surface area contributed by atoms with Crippen LogP contribution in [-0.4, -0.2) is 21.7 Å². The highest BCUT2D eigenvalue weighted by molar-refractivity contribution is 9.10. The zero-order valence-corrected chi connectivity index (χ0v) is 24.0. The van der Waals surface area contributed by atoms with Crippen LogP contribution in [0.5, 0.6) is 11.5 Å². The fourth-order valence-corrected chi connectivity index (χ4v) is 5.57. The molecule has 3 aromatic carbocycles. The molecule has 1 aliphatic rings. The largest absolute Gasteiger partial charge is 0.490 e. The van der Waals surface area contributed by atoms with Gasteiger partial charge in [0.15, 0.2) is 11.5 Å². The smallest absolute Gasteiger partial charge is 0.266 e. The van der Waals surface area contributed by atoms with Gasteiger partial charge in [-0.2, -0.15) is 0 Å². The highest BCUT2D eigenvalue weighted by atomic mass is 79.9. The molecule has 0 saturated carbocycles. The molecule has 3 aromatic rings. The summed E-state index contributed by atoms with van der Waals surface area (Å²) in [5.41, 5.74) is 4.09. The first-order valence-corrected chi connectivity index (χ1v) is 13.8. The lowest BCUT2D eigenvalue weighted by Crippen LogP contribution is -2.27. The Balaban J connectivity index is 1.54. The molecule has 0 atom stereocenters. The molecular weight excluding hydrogens is 610 g/mol. The second-order valence-electron chi connectivity index (χ2n) is 7.93. The zero-order chi connectivity index (χ0) is 24.9. The van der Waals surface area contributed by atoms with Crippen LogP contribution in [0.2, 0.25) is 0 Å². The first-order chi connectivity index (χ1) is 16.8. The van der Waals surface area contributed by atoms with Gasteiger partial charge in [-0.05, 0) is 76.8 Å². The van der Waals surface area contributed by atoms with E-state index in [4.69, 9.17) is 21.7 Å². The molecular formula is C27H23Br2NO3S2. The van der Waals surface area contributed by atoms with Crippen LogP contribution in [0.25, 0.3) is 6.08 Å².